The molecule has 152 valence electrons. The van der Waals surface area contributed by atoms with Crippen molar-refractivity contribution in [3.8, 4) is 0 Å². The molecule has 31 heavy (non-hydrogen) atoms. The summed E-state index contributed by atoms with van der Waals surface area (Å²) in [7, 11) is 0. The van der Waals surface area contributed by atoms with E-state index in [1.165, 1.54) is 4.90 Å². The number of ketones is 1. The molecule has 3 aromatic carbocycles. The molecule has 2 bridgehead atoms. The van der Waals surface area contributed by atoms with Crippen LogP contribution in [0.2, 0.25) is 0 Å². The van der Waals surface area contributed by atoms with Gasteiger partial charge < -0.3 is 0 Å². The molecule has 4 aliphatic rings. The van der Waals surface area contributed by atoms with E-state index in [9.17, 15) is 14.4 Å². The third-order valence-corrected chi connectivity index (χ3v) is 7.47. The van der Waals surface area contributed by atoms with Crippen LogP contribution in [0.5, 0.6) is 0 Å². The molecular formula is C27H21NO3. The molecule has 0 unspecified atom stereocenters. The van der Waals surface area contributed by atoms with Crippen LogP contribution in [-0.2, 0) is 19.8 Å². The third kappa shape index (κ3) is 2.03. The molecule has 0 saturated carbocycles. The minimum Gasteiger partial charge on any atom is -0.299 e. The zero-order valence-electron chi connectivity index (χ0n) is 17.3. The summed E-state index contributed by atoms with van der Waals surface area (Å²) in [6, 6.07) is 23.1. The minimum absolute atomic E-state index is 0.0903. The van der Waals surface area contributed by atoms with E-state index in [0.29, 0.717) is 5.69 Å². The van der Waals surface area contributed by atoms with Crippen molar-refractivity contribution in [1.82, 2.24) is 0 Å². The first-order valence-corrected chi connectivity index (χ1v) is 10.6. The molecule has 2 amide bonds. The summed E-state index contributed by atoms with van der Waals surface area (Å²) in [6.45, 7) is 3.53. The van der Waals surface area contributed by atoms with E-state index in [2.05, 4.69) is 0 Å². The van der Waals surface area contributed by atoms with Crippen molar-refractivity contribution >= 4 is 23.3 Å². The molecule has 1 heterocycles. The van der Waals surface area contributed by atoms with Crippen molar-refractivity contribution in [1.29, 1.82) is 0 Å². The second kappa shape index (κ2) is 6.01. The van der Waals surface area contributed by atoms with Gasteiger partial charge in [0.05, 0.1) is 22.9 Å². The van der Waals surface area contributed by atoms with Crippen LogP contribution < -0.4 is 4.90 Å². The van der Waals surface area contributed by atoms with E-state index in [4.69, 9.17) is 0 Å². The molecule has 4 heteroatoms. The molecule has 2 atom stereocenters. The quantitative estimate of drug-likeness (QED) is 0.600. The summed E-state index contributed by atoms with van der Waals surface area (Å²) in [4.78, 5) is 42.5. The fourth-order valence-electron chi connectivity index (χ4n) is 6.32. The highest BCUT2D eigenvalue weighted by Gasteiger charge is 2.69. The number of carbonyl (C=O) groups excluding carboxylic acids is 3. The van der Waals surface area contributed by atoms with Crippen molar-refractivity contribution in [2.75, 3.05) is 4.90 Å². The summed E-state index contributed by atoms with van der Waals surface area (Å²) >= 11 is 0. The van der Waals surface area contributed by atoms with Crippen LogP contribution in [0.15, 0.2) is 72.8 Å². The van der Waals surface area contributed by atoms with Gasteiger partial charge in [0.15, 0.2) is 0 Å². The maximum Gasteiger partial charge on any atom is 0.239 e. The fraction of sp³-hybridized carbons (Fsp3) is 0.222. The molecule has 7 rings (SSSR count). The molecule has 3 aliphatic carbocycles. The molecule has 1 fully saturated rings. The Labute approximate surface area is 180 Å². The van der Waals surface area contributed by atoms with E-state index >= 15 is 0 Å². The van der Waals surface area contributed by atoms with Crippen LogP contribution >= 0.6 is 0 Å². The SMILES string of the molecule is CC(=O)C12c3ccccc3C(c3ccccc31)[C@@H]1C(=O)N(c3ccc(C)cc3)C(=O)[C@H]12. The van der Waals surface area contributed by atoms with Crippen LogP contribution in [-0.4, -0.2) is 17.6 Å². The van der Waals surface area contributed by atoms with Crippen LogP contribution in [0.3, 0.4) is 0 Å². The number of hydrogen-bond donors (Lipinski definition) is 0. The van der Waals surface area contributed by atoms with Crippen molar-refractivity contribution < 1.29 is 14.4 Å². The topological polar surface area (TPSA) is 54.5 Å². The largest absolute Gasteiger partial charge is 0.299 e. The maximum absolute atomic E-state index is 13.9. The number of benzene rings is 3. The number of carbonyl (C=O) groups is 3. The minimum atomic E-state index is -1.14. The van der Waals surface area contributed by atoms with Gasteiger partial charge >= 0.3 is 0 Å². The molecule has 3 aromatic rings. The smallest absolute Gasteiger partial charge is 0.239 e. The standard InChI is InChI=1S/C27H21NO3/c1-15-11-13-17(14-12-15)28-25(30)23-22-18-7-3-5-9-20(18)27(16(2)29,24(23)26(28)31)21-10-6-4-8-19(21)22/h3-14,22-24H,1-2H3/t22?,23-,24-,27?/m0/s1. The van der Waals surface area contributed by atoms with Gasteiger partial charge in [-0.3, -0.25) is 14.4 Å². The third-order valence-electron chi connectivity index (χ3n) is 7.47. The highest BCUT2D eigenvalue weighted by molar-refractivity contribution is 6.25. The predicted molar refractivity (Wildman–Crippen MR) is 117 cm³/mol. The van der Waals surface area contributed by atoms with Gasteiger partial charge in [-0.1, -0.05) is 66.2 Å². The Morgan fingerprint density at radius 1 is 0.806 bits per heavy atom. The molecule has 0 radical (unpaired) electrons. The summed E-state index contributed by atoms with van der Waals surface area (Å²) in [5.41, 5.74) is 4.22. The van der Waals surface area contributed by atoms with E-state index in [1.54, 1.807) is 6.92 Å². The molecule has 1 aliphatic heterocycles. The molecule has 4 nitrogen and oxygen atoms in total. The average molecular weight is 407 g/mol. The van der Waals surface area contributed by atoms with Crippen LogP contribution in [0.1, 0.15) is 40.7 Å². The number of aryl methyl sites for hydroxylation is 1. The Morgan fingerprint density at radius 2 is 1.35 bits per heavy atom. The first-order valence-electron chi connectivity index (χ1n) is 10.6. The molecule has 0 spiro atoms. The Hall–Kier alpha value is -3.53. The van der Waals surface area contributed by atoms with E-state index < -0.39 is 17.3 Å². The number of anilines is 1. The number of rotatable bonds is 2. The first kappa shape index (κ1) is 18.3. The van der Waals surface area contributed by atoms with E-state index in [-0.39, 0.29) is 23.5 Å². The first-order chi connectivity index (χ1) is 15.0. The lowest BCUT2D eigenvalue weighted by molar-refractivity contribution is -0.132. The van der Waals surface area contributed by atoms with E-state index in [0.717, 1.165) is 27.8 Å². The Bertz CT molecular complexity index is 1240. The van der Waals surface area contributed by atoms with Gasteiger partial charge in [0, 0.05) is 5.92 Å². The lowest BCUT2D eigenvalue weighted by Crippen LogP contribution is -2.57. The van der Waals surface area contributed by atoms with Gasteiger partial charge in [-0.25, -0.2) is 4.90 Å². The van der Waals surface area contributed by atoms with Gasteiger partial charge in [-0.05, 0) is 48.2 Å². The number of hydrogen-bond acceptors (Lipinski definition) is 3. The van der Waals surface area contributed by atoms with Gasteiger partial charge in [-0.2, -0.15) is 0 Å². The summed E-state index contributed by atoms with van der Waals surface area (Å²) < 4.78 is 0. The van der Waals surface area contributed by atoms with Gasteiger partial charge in [-0.15, -0.1) is 0 Å². The Kier molecular flexibility index (Phi) is 3.54. The highest BCUT2D eigenvalue weighted by Crippen LogP contribution is 2.64. The summed E-state index contributed by atoms with van der Waals surface area (Å²) in [6.07, 6.45) is 0. The average Bonchev–Trinajstić information content (AvgIpc) is 3.05. The van der Waals surface area contributed by atoms with Crippen molar-refractivity contribution in [3.63, 3.8) is 0 Å². The van der Waals surface area contributed by atoms with Crippen molar-refractivity contribution in [2.24, 2.45) is 11.8 Å². The second-order valence-electron chi connectivity index (χ2n) is 8.87. The van der Waals surface area contributed by atoms with Gasteiger partial charge in [0.2, 0.25) is 11.8 Å². The van der Waals surface area contributed by atoms with Gasteiger partial charge in [0.25, 0.3) is 0 Å². The zero-order valence-corrected chi connectivity index (χ0v) is 17.3. The monoisotopic (exact) mass is 407 g/mol. The Morgan fingerprint density at radius 3 is 1.90 bits per heavy atom. The normalized spacial score (nSPS) is 27.7. The number of amides is 2. The lowest BCUT2D eigenvalue weighted by Gasteiger charge is -2.52. The summed E-state index contributed by atoms with van der Waals surface area (Å²) in [5, 5.41) is 0. The maximum atomic E-state index is 13.9. The number of Topliss-reactive ketones (excluding diaryl/α,β-unsaturated/α-hetero) is 1. The molecular weight excluding hydrogens is 386 g/mol. The van der Waals surface area contributed by atoms with Crippen LogP contribution in [0, 0.1) is 18.8 Å². The van der Waals surface area contributed by atoms with E-state index in [1.807, 2.05) is 79.7 Å². The zero-order chi connectivity index (χ0) is 21.5. The number of imide groups is 1. The molecule has 1 saturated heterocycles. The number of nitrogens with zero attached hydrogens (tertiary/aromatic N) is 1. The fourth-order valence-corrected chi connectivity index (χ4v) is 6.32. The lowest BCUT2D eigenvalue weighted by atomic mass is 9.46. The highest BCUT2D eigenvalue weighted by atomic mass is 16.2. The van der Waals surface area contributed by atoms with Crippen molar-refractivity contribution in [3.05, 3.63) is 101 Å². The van der Waals surface area contributed by atoms with Crippen LogP contribution in [0.4, 0.5) is 5.69 Å². The predicted octanol–water partition coefficient (Wildman–Crippen LogP) is 4.13. The Balaban J connectivity index is 1.67. The molecule has 0 aromatic heterocycles. The van der Waals surface area contributed by atoms with Gasteiger partial charge in [0.1, 0.15) is 5.78 Å². The van der Waals surface area contributed by atoms with Crippen molar-refractivity contribution in [2.45, 2.75) is 25.2 Å². The second-order valence-corrected chi connectivity index (χ2v) is 8.87. The summed E-state index contributed by atoms with van der Waals surface area (Å²) in [5.74, 6) is -2.12. The molecule has 0 N–H and O–H groups in total. The van der Waals surface area contributed by atoms with Crippen LogP contribution in [0.25, 0.3) is 0 Å².